The predicted molar refractivity (Wildman–Crippen MR) is 320 cm³/mol. The molecule has 0 spiro atoms. The molecule has 0 radical (unpaired) electrons. The smallest absolute Gasteiger partial charge is 0.267 e. The van der Waals surface area contributed by atoms with E-state index in [4.69, 9.17) is 11.1 Å². The van der Waals surface area contributed by atoms with Gasteiger partial charge in [0.2, 0.25) is 0 Å². The summed E-state index contributed by atoms with van der Waals surface area (Å²) in [6, 6.07) is 79.0. The van der Waals surface area contributed by atoms with E-state index in [1.165, 1.54) is 0 Å². The van der Waals surface area contributed by atoms with Crippen LogP contribution in [0.25, 0.3) is 83.6 Å². The van der Waals surface area contributed by atoms with Gasteiger partial charge in [0, 0.05) is 50.5 Å². The van der Waals surface area contributed by atoms with Gasteiger partial charge in [-0.05, 0) is 99.9 Å². The average molecular weight is 1220 g/mol. The second-order valence-corrected chi connectivity index (χ2v) is 24.5. The number of ether oxygens (including phenoxy) is 1. The Morgan fingerprint density at radius 1 is 0.532 bits per heavy atom. The van der Waals surface area contributed by atoms with Crippen molar-refractivity contribution in [2.45, 2.75) is 26.2 Å². The summed E-state index contributed by atoms with van der Waals surface area (Å²) < 4.78 is 69.4. The number of hydrogen-bond donors (Lipinski definition) is 0. The molecule has 382 valence electrons. The van der Waals surface area contributed by atoms with E-state index in [1.54, 1.807) is 4.57 Å². The number of fused-ring (bicyclic) bond motifs is 11. The van der Waals surface area contributed by atoms with Crippen LogP contribution in [-0.4, -0.2) is 22.2 Å². The predicted octanol–water partition coefficient (Wildman–Crippen LogP) is 14.1. The van der Waals surface area contributed by atoms with E-state index in [1.807, 2.05) is 102 Å². The van der Waals surface area contributed by atoms with Gasteiger partial charge in [0.25, 0.3) is 6.33 Å². The van der Waals surface area contributed by atoms with Crippen molar-refractivity contribution in [3.05, 3.63) is 285 Å². The fraction of sp³-hybridized carbons (Fsp3) is 0.0556. The number of para-hydroxylation sites is 1. The van der Waals surface area contributed by atoms with Crippen LogP contribution < -0.4 is 30.1 Å². The Labute approximate surface area is 485 Å². The fourth-order valence-electron chi connectivity index (χ4n) is 11.5. The minimum atomic E-state index is -3.40. The van der Waals surface area contributed by atoms with Crippen molar-refractivity contribution in [1.82, 2.24) is 14.1 Å². The minimum absolute atomic E-state index is 0. The molecule has 4 heterocycles. The van der Waals surface area contributed by atoms with Gasteiger partial charge in [-0.25, -0.2) is 4.98 Å². The van der Waals surface area contributed by atoms with Gasteiger partial charge in [-0.3, -0.25) is 4.57 Å². The van der Waals surface area contributed by atoms with Crippen molar-refractivity contribution in [2.75, 3.05) is 0 Å². The second kappa shape index (κ2) is 20.1. The standard InChI is InChI=1S/C72H52N4OSi.Pt/c1-72(2,3)51-41-42-73-70(43-51)76-67-38-21-20-37-63(67)64-40-39-54(45-68(64)76)77-53-26-22-25-52(44-53)74-48-69-62-36-19-18-34-60(62)59-33-16-17-35-61(59)66-47-58(46-65(71(66)75(69)49-74)50-23-8-4-9-24-50)78(55-27-10-5-11-28-55,56-29-12-6-13-30-56)57-31-14-7-15-32-57;/h4-43,46-48H,1-3H3;/q-2;/i4D,8D,9D,23D,24D,48D;. The first-order valence-corrected chi connectivity index (χ1v) is 28.1. The molecule has 0 aliphatic carbocycles. The number of rotatable bonds is 9. The van der Waals surface area contributed by atoms with Crippen LogP contribution in [0.5, 0.6) is 11.5 Å². The van der Waals surface area contributed by atoms with Gasteiger partial charge >= 0.3 is 0 Å². The first-order chi connectivity index (χ1) is 40.8. The van der Waals surface area contributed by atoms with E-state index in [0.717, 1.165) is 81.8 Å². The van der Waals surface area contributed by atoms with E-state index in [0.29, 0.717) is 34.1 Å². The van der Waals surface area contributed by atoms with Crippen molar-refractivity contribution in [3.8, 4) is 73.3 Å². The number of imidazole rings is 1. The Kier molecular flexibility index (Phi) is 11.0. The van der Waals surface area contributed by atoms with Crippen LogP contribution >= 0.6 is 0 Å². The molecular weight excluding hydrogens is 1160 g/mol. The van der Waals surface area contributed by atoms with Crippen molar-refractivity contribution in [2.24, 2.45) is 0 Å². The molecule has 10 aromatic carbocycles. The third kappa shape index (κ3) is 8.51. The molecular formula is C72H52N4OPtSi-2. The molecule has 1 aliphatic rings. The normalized spacial score (nSPS) is 12.9. The Balaban J connectivity index is 0.00000672. The first-order valence-electron chi connectivity index (χ1n) is 29.1. The summed E-state index contributed by atoms with van der Waals surface area (Å²) in [5.41, 5.74) is 8.78. The molecule has 0 amide bonds. The largest absolute Gasteiger partial charge is 0.510 e. The molecule has 0 fully saturated rings. The zero-order chi connectivity index (χ0) is 57.6. The van der Waals surface area contributed by atoms with E-state index in [2.05, 4.69) is 171 Å². The SMILES string of the molecule is [2H]c1c([2H])c([2H])c(-c2cc([Si](c3ccccc3)(c3ccccc3)c3ccccc3)cc3c2-[n+]2[c-]n(-c4[c-]c(Oc5[c-]c6c(cc5)c5ccccc5n6-c5cc(C(C)(C)C)ccn5)ccc4)c([2H])c2-c2ccccc2-c2ccccc2-3)c([2H])c1[2H].[Pt]. The van der Waals surface area contributed by atoms with Gasteiger partial charge in [0.1, 0.15) is 5.82 Å². The average Bonchev–Trinajstić information content (AvgIpc) is 2.03. The molecule has 79 heavy (non-hydrogen) atoms. The van der Waals surface area contributed by atoms with Crippen LogP contribution in [0.2, 0.25) is 0 Å². The Morgan fingerprint density at radius 2 is 1.11 bits per heavy atom. The number of pyridine rings is 1. The zero-order valence-electron chi connectivity index (χ0n) is 49.4. The van der Waals surface area contributed by atoms with Gasteiger partial charge in [0.15, 0.2) is 8.07 Å². The first kappa shape index (κ1) is 43.1. The molecule has 5 nitrogen and oxygen atoms in total. The number of benzene rings is 10. The van der Waals surface area contributed by atoms with Gasteiger partial charge in [0.05, 0.1) is 19.6 Å². The zero-order valence-corrected chi connectivity index (χ0v) is 46.6. The summed E-state index contributed by atoms with van der Waals surface area (Å²) in [6.45, 7) is 6.58. The van der Waals surface area contributed by atoms with Crippen LogP contribution in [0.3, 0.4) is 0 Å². The molecule has 0 saturated heterocycles. The van der Waals surface area contributed by atoms with Crippen LogP contribution in [0.15, 0.2) is 261 Å². The number of nitrogens with zero attached hydrogens (tertiary/aromatic N) is 4. The molecule has 7 heteroatoms. The maximum absolute atomic E-state index is 10.4. The van der Waals surface area contributed by atoms with Crippen LogP contribution in [0, 0.1) is 18.5 Å². The van der Waals surface area contributed by atoms with Crippen LogP contribution in [0.1, 0.15) is 34.6 Å². The van der Waals surface area contributed by atoms with Gasteiger partial charge in [-0.1, -0.05) is 226 Å². The summed E-state index contributed by atoms with van der Waals surface area (Å²) in [7, 11) is -3.40. The molecule has 0 atom stereocenters. The summed E-state index contributed by atoms with van der Waals surface area (Å²) in [5.74, 6) is 1.60. The Hall–Kier alpha value is -8.93. The third-order valence-electron chi connectivity index (χ3n) is 15.1. The van der Waals surface area contributed by atoms with E-state index < -0.39 is 26.2 Å². The van der Waals surface area contributed by atoms with Crippen molar-refractivity contribution < 1.29 is 38.6 Å². The van der Waals surface area contributed by atoms with Crippen molar-refractivity contribution in [1.29, 1.82) is 0 Å². The molecule has 14 rings (SSSR count). The molecule has 0 N–H and O–H groups in total. The Morgan fingerprint density at radius 3 is 1.78 bits per heavy atom. The third-order valence-corrected chi connectivity index (χ3v) is 19.9. The number of hydrogen-bond acceptors (Lipinski definition) is 2. The molecule has 0 unspecified atom stereocenters. The molecule has 1 aliphatic heterocycles. The van der Waals surface area contributed by atoms with E-state index in [-0.39, 0.29) is 50.3 Å². The molecule has 3 aromatic heterocycles. The fourth-order valence-corrected chi connectivity index (χ4v) is 16.3. The summed E-state index contributed by atoms with van der Waals surface area (Å²) in [4.78, 5) is 4.87. The van der Waals surface area contributed by atoms with Crippen molar-refractivity contribution in [3.63, 3.8) is 0 Å². The topological polar surface area (TPSA) is 35.9 Å². The van der Waals surface area contributed by atoms with Gasteiger partial charge < -0.3 is 13.9 Å². The maximum Gasteiger partial charge on any atom is 0.267 e. The quantitative estimate of drug-likeness (QED) is 0.0625. The monoisotopic (exact) mass is 1220 g/mol. The van der Waals surface area contributed by atoms with Crippen LogP contribution in [-0.2, 0) is 26.5 Å². The Bertz CT molecular complexity index is 4650. The second-order valence-electron chi connectivity index (χ2n) is 20.7. The molecule has 0 bridgehead atoms. The van der Waals surface area contributed by atoms with Crippen molar-refractivity contribution >= 4 is 50.6 Å². The number of aromatic nitrogens is 4. The van der Waals surface area contributed by atoms with Gasteiger partial charge in [-0.2, -0.15) is 18.2 Å². The summed E-state index contributed by atoms with van der Waals surface area (Å²) in [6.07, 6.45) is 5.55. The maximum atomic E-state index is 10.4. The van der Waals surface area contributed by atoms with Crippen LogP contribution in [0.4, 0.5) is 0 Å². The molecule has 13 aromatic rings. The summed E-state index contributed by atoms with van der Waals surface area (Å²) in [5, 5.41) is 6.27. The summed E-state index contributed by atoms with van der Waals surface area (Å²) >= 11 is 0. The van der Waals surface area contributed by atoms with Gasteiger partial charge in [-0.15, -0.1) is 29.7 Å². The van der Waals surface area contributed by atoms with E-state index >= 15 is 0 Å². The van der Waals surface area contributed by atoms with E-state index in [9.17, 15) is 6.85 Å². The molecule has 0 saturated carbocycles. The minimum Gasteiger partial charge on any atom is -0.510 e.